The summed E-state index contributed by atoms with van der Waals surface area (Å²) in [6.07, 6.45) is 2.08. The van der Waals surface area contributed by atoms with Gasteiger partial charge < -0.3 is 10.5 Å². The van der Waals surface area contributed by atoms with Crippen molar-refractivity contribution in [3.05, 3.63) is 29.6 Å². The molecule has 0 fully saturated rings. The van der Waals surface area contributed by atoms with Gasteiger partial charge in [0.15, 0.2) is 5.82 Å². The van der Waals surface area contributed by atoms with Gasteiger partial charge in [0.2, 0.25) is 5.95 Å². The van der Waals surface area contributed by atoms with Crippen molar-refractivity contribution in [1.29, 1.82) is 0 Å². The molecule has 0 atom stereocenters. The van der Waals surface area contributed by atoms with E-state index in [1.165, 1.54) is 5.56 Å². The number of nitrogens with two attached hydrogens (primary N) is 1. The van der Waals surface area contributed by atoms with Crippen molar-refractivity contribution < 1.29 is 4.74 Å². The molecule has 18 heavy (non-hydrogen) atoms. The maximum atomic E-state index is 5.65. The van der Waals surface area contributed by atoms with E-state index < -0.39 is 0 Å². The van der Waals surface area contributed by atoms with E-state index in [-0.39, 0.29) is 5.95 Å². The summed E-state index contributed by atoms with van der Waals surface area (Å²) in [7, 11) is 0. The zero-order valence-electron chi connectivity index (χ0n) is 10.2. The molecule has 1 aromatic carbocycles. The summed E-state index contributed by atoms with van der Waals surface area (Å²) >= 11 is 0. The number of aryl methyl sites for hydroxylation is 2. The van der Waals surface area contributed by atoms with E-state index in [9.17, 15) is 0 Å². The summed E-state index contributed by atoms with van der Waals surface area (Å²) in [6, 6.07) is 6.00. The van der Waals surface area contributed by atoms with Gasteiger partial charge in [-0.25, -0.2) is 4.98 Å². The molecule has 5 heteroatoms. The van der Waals surface area contributed by atoms with Crippen molar-refractivity contribution in [3.63, 3.8) is 0 Å². The second kappa shape index (κ2) is 4.25. The number of nitrogens with zero attached hydrogens (tertiary/aromatic N) is 3. The predicted octanol–water partition coefficient (Wildman–Crippen LogP) is 1.75. The van der Waals surface area contributed by atoms with Gasteiger partial charge in [-0.3, -0.25) is 0 Å². The molecule has 0 unspecified atom stereocenters. The van der Waals surface area contributed by atoms with Crippen molar-refractivity contribution in [1.82, 2.24) is 15.0 Å². The molecule has 1 aliphatic rings. The second-order valence-corrected chi connectivity index (χ2v) is 4.34. The summed E-state index contributed by atoms with van der Waals surface area (Å²) in [5, 5.41) is 0. The third kappa shape index (κ3) is 1.99. The Hall–Kier alpha value is -2.17. The molecule has 1 aliphatic heterocycles. The number of anilines is 1. The molecular weight excluding hydrogens is 228 g/mol. The molecule has 2 heterocycles. The van der Waals surface area contributed by atoms with E-state index in [4.69, 9.17) is 10.5 Å². The summed E-state index contributed by atoms with van der Waals surface area (Å²) in [5.41, 5.74) is 7.81. The van der Waals surface area contributed by atoms with Crippen LogP contribution in [-0.2, 0) is 6.42 Å². The van der Waals surface area contributed by atoms with Crippen LogP contribution in [0.5, 0.6) is 5.75 Å². The van der Waals surface area contributed by atoms with Crippen molar-refractivity contribution in [2.45, 2.75) is 19.8 Å². The molecule has 0 saturated carbocycles. The van der Waals surface area contributed by atoms with Gasteiger partial charge in [-0.05, 0) is 43.5 Å². The van der Waals surface area contributed by atoms with Gasteiger partial charge in [-0.2, -0.15) is 9.97 Å². The van der Waals surface area contributed by atoms with E-state index in [1.54, 1.807) is 0 Å². The van der Waals surface area contributed by atoms with Gasteiger partial charge in [0, 0.05) is 5.56 Å². The first kappa shape index (κ1) is 11.0. The zero-order valence-corrected chi connectivity index (χ0v) is 10.2. The van der Waals surface area contributed by atoms with Gasteiger partial charge in [0.1, 0.15) is 11.6 Å². The van der Waals surface area contributed by atoms with Crippen LogP contribution < -0.4 is 10.5 Å². The lowest BCUT2D eigenvalue weighted by molar-refractivity contribution is 0.288. The fourth-order valence-electron chi connectivity index (χ4n) is 2.13. The molecule has 3 rings (SSSR count). The molecular formula is C13H14N4O. The number of ether oxygens (including phenoxy) is 1. The Labute approximate surface area is 105 Å². The van der Waals surface area contributed by atoms with Crippen LogP contribution in [0.25, 0.3) is 11.4 Å². The number of hydrogen-bond donors (Lipinski definition) is 1. The maximum absolute atomic E-state index is 5.65. The van der Waals surface area contributed by atoms with Crippen LogP contribution in [0.1, 0.15) is 17.8 Å². The lowest BCUT2D eigenvalue weighted by atomic mass is 10.0. The standard InChI is InChI=1S/C13H14N4O/c1-8-15-12(17-13(14)16-8)10-4-5-11-9(7-10)3-2-6-18-11/h4-5,7H,2-3,6H2,1H3,(H2,14,15,16,17). The van der Waals surface area contributed by atoms with Gasteiger partial charge in [0.05, 0.1) is 6.61 Å². The largest absolute Gasteiger partial charge is 0.493 e. The lowest BCUT2D eigenvalue weighted by Crippen LogP contribution is -2.08. The number of fused-ring (bicyclic) bond motifs is 1. The molecule has 0 bridgehead atoms. The van der Waals surface area contributed by atoms with Crippen molar-refractivity contribution >= 4 is 5.95 Å². The van der Waals surface area contributed by atoms with Crippen molar-refractivity contribution in [2.24, 2.45) is 0 Å². The topological polar surface area (TPSA) is 73.9 Å². The highest BCUT2D eigenvalue weighted by atomic mass is 16.5. The minimum Gasteiger partial charge on any atom is -0.493 e. The fraction of sp³-hybridized carbons (Fsp3) is 0.308. The Morgan fingerprint density at radius 3 is 2.94 bits per heavy atom. The zero-order chi connectivity index (χ0) is 12.5. The van der Waals surface area contributed by atoms with Crippen LogP contribution in [0.15, 0.2) is 18.2 Å². The Kier molecular flexibility index (Phi) is 2.59. The van der Waals surface area contributed by atoms with Crippen LogP contribution in [0, 0.1) is 6.92 Å². The normalized spacial score (nSPS) is 13.8. The lowest BCUT2D eigenvalue weighted by Gasteiger charge is -2.17. The molecule has 2 aromatic rings. The minimum atomic E-state index is 0.256. The Morgan fingerprint density at radius 2 is 2.11 bits per heavy atom. The van der Waals surface area contributed by atoms with Gasteiger partial charge in [0.25, 0.3) is 0 Å². The third-order valence-electron chi connectivity index (χ3n) is 2.93. The third-order valence-corrected chi connectivity index (χ3v) is 2.93. The molecule has 1 aromatic heterocycles. The monoisotopic (exact) mass is 242 g/mol. The van der Waals surface area contributed by atoms with Crippen molar-refractivity contribution in [3.8, 4) is 17.1 Å². The number of nitrogen functional groups attached to an aromatic ring is 1. The maximum Gasteiger partial charge on any atom is 0.223 e. The van der Waals surface area contributed by atoms with Gasteiger partial charge in [-0.15, -0.1) is 0 Å². The molecule has 0 radical (unpaired) electrons. The Bertz CT molecular complexity index is 577. The van der Waals surface area contributed by atoms with Gasteiger partial charge in [-0.1, -0.05) is 0 Å². The SMILES string of the molecule is Cc1nc(N)nc(-c2ccc3c(c2)CCCO3)n1. The fourth-order valence-corrected chi connectivity index (χ4v) is 2.13. The number of rotatable bonds is 1. The smallest absolute Gasteiger partial charge is 0.223 e. The van der Waals surface area contributed by atoms with Crippen LogP contribution in [0.4, 0.5) is 5.95 Å². The van der Waals surface area contributed by atoms with E-state index in [1.807, 2.05) is 19.1 Å². The predicted molar refractivity (Wildman–Crippen MR) is 68.2 cm³/mol. The van der Waals surface area contributed by atoms with Crippen LogP contribution in [0.2, 0.25) is 0 Å². The number of aromatic nitrogens is 3. The molecule has 0 spiro atoms. The molecule has 92 valence electrons. The second-order valence-electron chi connectivity index (χ2n) is 4.34. The Morgan fingerprint density at radius 1 is 1.22 bits per heavy atom. The van der Waals surface area contributed by atoms with E-state index >= 15 is 0 Å². The highest BCUT2D eigenvalue weighted by molar-refractivity contribution is 5.59. The molecule has 2 N–H and O–H groups in total. The van der Waals surface area contributed by atoms with Crippen LogP contribution in [0.3, 0.4) is 0 Å². The quantitative estimate of drug-likeness (QED) is 0.824. The first-order valence-corrected chi connectivity index (χ1v) is 5.96. The van der Waals surface area contributed by atoms with Crippen LogP contribution >= 0.6 is 0 Å². The molecule has 5 nitrogen and oxygen atoms in total. The van der Waals surface area contributed by atoms with Crippen LogP contribution in [-0.4, -0.2) is 21.6 Å². The van der Waals surface area contributed by atoms with Gasteiger partial charge >= 0.3 is 0 Å². The Balaban J connectivity index is 2.06. The highest BCUT2D eigenvalue weighted by Gasteiger charge is 2.12. The highest BCUT2D eigenvalue weighted by Crippen LogP contribution is 2.28. The minimum absolute atomic E-state index is 0.256. The number of hydrogen-bond acceptors (Lipinski definition) is 5. The average molecular weight is 242 g/mol. The molecule has 0 aliphatic carbocycles. The average Bonchev–Trinajstić information content (AvgIpc) is 2.37. The van der Waals surface area contributed by atoms with E-state index in [0.29, 0.717) is 11.6 Å². The molecule has 0 saturated heterocycles. The first-order valence-electron chi connectivity index (χ1n) is 5.96. The van der Waals surface area contributed by atoms with E-state index in [2.05, 4.69) is 21.0 Å². The van der Waals surface area contributed by atoms with Crippen molar-refractivity contribution in [2.75, 3.05) is 12.3 Å². The summed E-state index contributed by atoms with van der Waals surface area (Å²) < 4.78 is 5.58. The summed E-state index contributed by atoms with van der Waals surface area (Å²) in [4.78, 5) is 12.5. The summed E-state index contributed by atoms with van der Waals surface area (Å²) in [6.45, 7) is 2.60. The summed E-state index contributed by atoms with van der Waals surface area (Å²) in [5.74, 6) is 2.47. The number of benzene rings is 1. The van der Waals surface area contributed by atoms with E-state index in [0.717, 1.165) is 30.8 Å². The first-order chi connectivity index (χ1) is 8.72. The molecule has 0 amide bonds.